The van der Waals surface area contributed by atoms with Crippen LogP contribution in [-0.4, -0.2) is 72.4 Å². The lowest BCUT2D eigenvalue weighted by Crippen LogP contribution is -2.48. The Hall–Kier alpha value is -3.32. The van der Waals surface area contributed by atoms with E-state index < -0.39 is 0 Å². The molecule has 2 aromatic carbocycles. The number of aromatic nitrogens is 2. The maximum atomic E-state index is 12.9. The average molecular weight is 448 g/mol. The molecule has 174 valence electrons. The van der Waals surface area contributed by atoms with Crippen molar-refractivity contribution in [2.75, 3.05) is 51.8 Å². The zero-order valence-electron chi connectivity index (χ0n) is 19.8. The van der Waals surface area contributed by atoms with Gasteiger partial charge in [0.1, 0.15) is 5.75 Å². The number of ether oxygens (including phenoxy) is 1. The van der Waals surface area contributed by atoms with Gasteiger partial charge in [0.15, 0.2) is 0 Å². The van der Waals surface area contributed by atoms with Crippen LogP contribution in [0.4, 0.5) is 5.69 Å². The Morgan fingerprint density at radius 1 is 1.03 bits per heavy atom. The van der Waals surface area contributed by atoms with E-state index in [1.165, 1.54) is 5.56 Å². The molecule has 1 fully saturated rings. The van der Waals surface area contributed by atoms with Gasteiger partial charge in [0.05, 0.1) is 25.0 Å². The van der Waals surface area contributed by atoms with E-state index >= 15 is 0 Å². The van der Waals surface area contributed by atoms with Crippen molar-refractivity contribution in [3.63, 3.8) is 0 Å². The standard InChI is InChI=1S/C26H33N5O2/c1-4-33-25-7-5-6-22(16-25)19-31-20-24(17-27-31)29-12-14-30(15-13-29)26(32)23-10-8-21(9-11-23)18-28(2)3/h5-11,16-17,20H,4,12-15,18-19H2,1-3H3. The molecule has 33 heavy (non-hydrogen) atoms. The molecular weight excluding hydrogens is 414 g/mol. The van der Waals surface area contributed by atoms with Crippen molar-refractivity contribution in [1.29, 1.82) is 0 Å². The highest BCUT2D eigenvalue weighted by molar-refractivity contribution is 5.94. The molecule has 0 unspecified atom stereocenters. The summed E-state index contributed by atoms with van der Waals surface area (Å²) in [5, 5.41) is 4.54. The van der Waals surface area contributed by atoms with Crippen LogP contribution in [0.2, 0.25) is 0 Å². The van der Waals surface area contributed by atoms with E-state index in [1.54, 1.807) is 0 Å². The monoisotopic (exact) mass is 447 g/mol. The summed E-state index contributed by atoms with van der Waals surface area (Å²) in [4.78, 5) is 19.3. The zero-order chi connectivity index (χ0) is 23.2. The second-order valence-electron chi connectivity index (χ2n) is 8.69. The second-order valence-corrected chi connectivity index (χ2v) is 8.69. The highest BCUT2D eigenvalue weighted by atomic mass is 16.5. The Bertz CT molecular complexity index is 1050. The number of amides is 1. The van der Waals surface area contributed by atoms with E-state index in [2.05, 4.69) is 33.2 Å². The number of rotatable bonds is 8. The molecule has 0 spiro atoms. The topological polar surface area (TPSA) is 53.8 Å². The normalized spacial score (nSPS) is 14.1. The Kier molecular flexibility index (Phi) is 7.29. The number of carbonyl (C=O) groups excluding carboxylic acids is 1. The fourth-order valence-corrected chi connectivity index (χ4v) is 4.16. The Balaban J connectivity index is 1.31. The molecule has 7 nitrogen and oxygen atoms in total. The summed E-state index contributed by atoms with van der Waals surface area (Å²) in [7, 11) is 4.09. The van der Waals surface area contributed by atoms with Gasteiger partial charge in [-0.1, -0.05) is 24.3 Å². The summed E-state index contributed by atoms with van der Waals surface area (Å²) in [6.07, 6.45) is 3.99. The number of hydrogen-bond acceptors (Lipinski definition) is 5. The molecule has 0 N–H and O–H groups in total. The van der Waals surface area contributed by atoms with Crippen molar-refractivity contribution in [1.82, 2.24) is 19.6 Å². The first-order chi connectivity index (χ1) is 16.0. The molecule has 0 radical (unpaired) electrons. The van der Waals surface area contributed by atoms with Crippen LogP contribution in [0, 0.1) is 0 Å². The Morgan fingerprint density at radius 2 is 1.79 bits per heavy atom. The Morgan fingerprint density at radius 3 is 2.48 bits per heavy atom. The van der Waals surface area contributed by atoms with E-state index in [1.807, 2.05) is 73.2 Å². The van der Waals surface area contributed by atoms with Crippen LogP contribution in [0.1, 0.15) is 28.4 Å². The molecule has 1 aliphatic heterocycles. The van der Waals surface area contributed by atoms with E-state index in [9.17, 15) is 4.79 Å². The summed E-state index contributed by atoms with van der Waals surface area (Å²) in [6.45, 7) is 7.24. The van der Waals surface area contributed by atoms with Crippen LogP contribution in [0.3, 0.4) is 0 Å². The zero-order valence-corrected chi connectivity index (χ0v) is 19.8. The molecule has 0 atom stereocenters. The van der Waals surface area contributed by atoms with Crippen LogP contribution in [0.5, 0.6) is 5.75 Å². The number of carbonyl (C=O) groups is 1. The van der Waals surface area contributed by atoms with Crippen molar-refractivity contribution in [3.05, 3.63) is 77.6 Å². The maximum Gasteiger partial charge on any atom is 0.253 e. The summed E-state index contributed by atoms with van der Waals surface area (Å²) in [5.41, 5.74) is 4.22. The molecule has 1 amide bonds. The third-order valence-corrected chi connectivity index (χ3v) is 5.81. The predicted molar refractivity (Wildman–Crippen MR) is 131 cm³/mol. The first kappa shape index (κ1) is 22.9. The Labute approximate surface area is 196 Å². The van der Waals surface area contributed by atoms with Crippen molar-refractivity contribution in [2.45, 2.75) is 20.0 Å². The van der Waals surface area contributed by atoms with Crippen LogP contribution >= 0.6 is 0 Å². The van der Waals surface area contributed by atoms with Crippen LogP contribution in [0.15, 0.2) is 60.9 Å². The van der Waals surface area contributed by atoms with Gasteiger partial charge in [-0.15, -0.1) is 0 Å². The summed E-state index contributed by atoms with van der Waals surface area (Å²) < 4.78 is 7.55. The van der Waals surface area contributed by atoms with E-state index in [4.69, 9.17) is 4.74 Å². The van der Waals surface area contributed by atoms with Crippen LogP contribution in [-0.2, 0) is 13.1 Å². The van der Waals surface area contributed by atoms with Gasteiger partial charge in [-0.2, -0.15) is 5.10 Å². The average Bonchev–Trinajstić information content (AvgIpc) is 3.28. The highest BCUT2D eigenvalue weighted by Gasteiger charge is 2.23. The lowest BCUT2D eigenvalue weighted by Gasteiger charge is -2.35. The van der Waals surface area contributed by atoms with Crippen molar-refractivity contribution >= 4 is 11.6 Å². The fourth-order valence-electron chi connectivity index (χ4n) is 4.16. The third kappa shape index (κ3) is 5.93. The number of nitrogens with zero attached hydrogens (tertiary/aromatic N) is 5. The minimum atomic E-state index is 0.107. The second kappa shape index (κ2) is 10.5. The van der Waals surface area contributed by atoms with Gasteiger partial charge >= 0.3 is 0 Å². The largest absolute Gasteiger partial charge is 0.494 e. The maximum absolute atomic E-state index is 12.9. The van der Waals surface area contributed by atoms with Crippen LogP contribution in [0.25, 0.3) is 0 Å². The number of benzene rings is 2. The minimum Gasteiger partial charge on any atom is -0.494 e. The van der Waals surface area contributed by atoms with E-state index in [0.717, 1.165) is 42.2 Å². The molecule has 0 aliphatic carbocycles. The first-order valence-electron chi connectivity index (χ1n) is 11.5. The predicted octanol–water partition coefficient (Wildman–Crippen LogP) is 3.35. The first-order valence-corrected chi connectivity index (χ1v) is 11.5. The smallest absolute Gasteiger partial charge is 0.253 e. The quantitative estimate of drug-likeness (QED) is 0.530. The number of hydrogen-bond donors (Lipinski definition) is 0. The third-order valence-electron chi connectivity index (χ3n) is 5.81. The van der Waals surface area contributed by atoms with E-state index in [0.29, 0.717) is 26.2 Å². The lowest BCUT2D eigenvalue weighted by molar-refractivity contribution is 0.0747. The SMILES string of the molecule is CCOc1cccc(Cn2cc(N3CCN(C(=O)c4ccc(CN(C)C)cc4)CC3)cn2)c1. The van der Waals surface area contributed by atoms with Gasteiger partial charge in [-0.3, -0.25) is 9.48 Å². The highest BCUT2D eigenvalue weighted by Crippen LogP contribution is 2.19. The molecule has 0 bridgehead atoms. The lowest BCUT2D eigenvalue weighted by atomic mass is 10.1. The molecule has 7 heteroatoms. The van der Waals surface area contributed by atoms with Gasteiger partial charge in [0.25, 0.3) is 5.91 Å². The van der Waals surface area contributed by atoms with Gasteiger partial charge in [-0.05, 0) is 56.4 Å². The molecular formula is C26H33N5O2. The number of piperazine rings is 1. The van der Waals surface area contributed by atoms with Crippen molar-refractivity contribution < 1.29 is 9.53 Å². The number of anilines is 1. The summed E-state index contributed by atoms with van der Waals surface area (Å²) in [6, 6.07) is 16.1. The summed E-state index contributed by atoms with van der Waals surface area (Å²) >= 11 is 0. The molecule has 1 aromatic heterocycles. The fraction of sp³-hybridized carbons (Fsp3) is 0.385. The summed E-state index contributed by atoms with van der Waals surface area (Å²) in [5.74, 6) is 0.992. The molecule has 3 aromatic rings. The molecule has 1 aliphatic rings. The van der Waals surface area contributed by atoms with Gasteiger partial charge in [0.2, 0.25) is 0 Å². The molecule has 0 saturated carbocycles. The molecule has 4 rings (SSSR count). The van der Waals surface area contributed by atoms with Gasteiger partial charge in [0, 0.05) is 44.5 Å². The van der Waals surface area contributed by atoms with E-state index in [-0.39, 0.29) is 5.91 Å². The molecule has 1 saturated heterocycles. The van der Waals surface area contributed by atoms with Gasteiger partial charge in [-0.25, -0.2) is 0 Å². The van der Waals surface area contributed by atoms with Crippen molar-refractivity contribution in [3.8, 4) is 5.75 Å². The van der Waals surface area contributed by atoms with Crippen LogP contribution < -0.4 is 9.64 Å². The molecule has 2 heterocycles. The van der Waals surface area contributed by atoms with Crippen molar-refractivity contribution in [2.24, 2.45) is 0 Å². The minimum absolute atomic E-state index is 0.107. The van der Waals surface area contributed by atoms with Gasteiger partial charge < -0.3 is 19.4 Å².